The SMILES string of the molecule is COc1ccccc1CNC(=O)C(C)C1CCN(C(=O)c2ccc3oc(-c4ccccc4)nc3c2)CC1. The number of nitrogens with zero attached hydrogens (tertiary/aromatic N) is 2. The quantitative estimate of drug-likeness (QED) is 0.374. The molecule has 0 spiro atoms. The second-order valence-electron chi connectivity index (χ2n) is 9.52. The van der Waals surface area contributed by atoms with E-state index in [1.807, 2.05) is 72.5 Å². The van der Waals surface area contributed by atoms with Gasteiger partial charge in [0.1, 0.15) is 11.3 Å². The first-order valence-corrected chi connectivity index (χ1v) is 12.7. The molecule has 1 atom stereocenters. The van der Waals surface area contributed by atoms with Crippen LogP contribution >= 0.6 is 0 Å². The van der Waals surface area contributed by atoms with Gasteiger partial charge in [0.2, 0.25) is 11.8 Å². The number of oxazole rings is 1. The molecule has 1 unspecified atom stereocenters. The van der Waals surface area contributed by atoms with Crippen LogP contribution in [0.25, 0.3) is 22.6 Å². The Morgan fingerprint density at radius 1 is 1.05 bits per heavy atom. The molecule has 0 aliphatic carbocycles. The number of nitrogens with one attached hydrogen (secondary N) is 1. The molecule has 1 N–H and O–H groups in total. The Hall–Kier alpha value is -4.13. The topological polar surface area (TPSA) is 84.7 Å². The van der Waals surface area contributed by atoms with Gasteiger partial charge in [-0.25, -0.2) is 4.98 Å². The number of carbonyl (C=O) groups is 2. The van der Waals surface area contributed by atoms with Gasteiger partial charge in [-0.2, -0.15) is 0 Å². The minimum atomic E-state index is -0.130. The first kappa shape index (κ1) is 24.6. The Morgan fingerprint density at radius 2 is 1.78 bits per heavy atom. The van der Waals surface area contributed by atoms with Crippen LogP contribution in [0.1, 0.15) is 35.7 Å². The van der Waals surface area contributed by atoms with Gasteiger partial charge >= 0.3 is 0 Å². The number of likely N-dealkylation sites (tertiary alicyclic amines) is 1. The van der Waals surface area contributed by atoms with E-state index in [0.29, 0.717) is 42.2 Å². The van der Waals surface area contributed by atoms with Gasteiger partial charge in [0.15, 0.2) is 5.58 Å². The number of rotatable bonds is 7. The number of piperidine rings is 1. The van der Waals surface area contributed by atoms with Crippen LogP contribution in [0.5, 0.6) is 5.75 Å². The van der Waals surface area contributed by atoms with Gasteiger partial charge in [0.25, 0.3) is 5.91 Å². The van der Waals surface area contributed by atoms with E-state index < -0.39 is 0 Å². The van der Waals surface area contributed by atoms with Gasteiger partial charge in [-0.3, -0.25) is 9.59 Å². The van der Waals surface area contributed by atoms with Crippen molar-refractivity contribution in [2.24, 2.45) is 11.8 Å². The predicted molar refractivity (Wildman–Crippen MR) is 142 cm³/mol. The fourth-order valence-corrected chi connectivity index (χ4v) is 4.96. The molecule has 5 rings (SSSR count). The Morgan fingerprint density at radius 3 is 2.54 bits per heavy atom. The number of benzene rings is 3. The number of hydrogen-bond donors (Lipinski definition) is 1. The lowest BCUT2D eigenvalue weighted by molar-refractivity contribution is -0.126. The van der Waals surface area contributed by atoms with Crippen LogP contribution < -0.4 is 10.1 Å². The van der Waals surface area contributed by atoms with Crippen LogP contribution in [0.4, 0.5) is 0 Å². The molecule has 1 aromatic heterocycles. The summed E-state index contributed by atoms with van der Waals surface area (Å²) < 4.78 is 11.2. The van der Waals surface area contributed by atoms with Crippen molar-refractivity contribution in [1.82, 2.24) is 15.2 Å². The summed E-state index contributed by atoms with van der Waals surface area (Å²) in [4.78, 5) is 32.5. The van der Waals surface area contributed by atoms with E-state index in [1.165, 1.54) is 0 Å². The molecule has 2 heterocycles. The van der Waals surface area contributed by atoms with Crippen LogP contribution in [0.2, 0.25) is 0 Å². The average Bonchev–Trinajstić information content (AvgIpc) is 3.39. The molecule has 1 aliphatic heterocycles. The van der Waals surface area contributed by atoms with E-state index in [4.69, 9.17) is 9.15 Å². The Labute approximate surface area is 216 Å². The Balaban J connectivity index is 1.17. The van der Waals surface area contributed by atoms with Crippen molar-refractivity contribution in [3.8, 4) is 17.2 Å². The molecule has 190 valence electrons. The zero-order chi connectivity index (χ0) is 25.8. The number of amides is 2. The number of ether oxygens (including phenoxy) is 1. The number of methoxy groups -OCH3 is 1. The molecule has 0 saturated carbocycles. The Bertz CT molecular complexity index is 1390. The molecule has 37 heavy (non-hydrogen) atoms. The van der Waals surface area contributed by atoms with Crippen molar-refractivity contribution in [3.63, 3.8) is 0 Å². The second-order valence-corrected chi connectivity index (χ2v) is 9.52. The van der Waals surface area contributed by atoms with Crippen molar-refractivity contribution in [3.05, 3.63) is 83.9 Å². The van der Waals surface area contributed by atoms with E-state index in [9.17, 15) is 9.59 Å². The van der Waals surface area contributed by atoms with Gasteiger partial charge in [0, 0.05) is 42.2 Å². The maximum atomic E-state index is 13.2. The van der Waals surface area contributed by atoms with Gasteiger partial charge in [0.05, 0.1) is 7.11 Å². The molecule has 2 amide bonds. The van der Waals surface area contributed by atoms with E-state index in [0.717, 1.165) is 29.7 Å². The van der Waals surface area contributed by atoms with Crippen molar-refractivity contribution in [2.45, 2.75) is 26.3 Å². The minimum absolute atomic E-state index is 0.0158. The van der Waals surface area contributed by atoms with Crippen LogP contribution in [0.15, 0.2) is 77.2 Å². The standard InChI is InChI=1S/C30H31N3O4/c1-20(28(34)31-19-24-10-6-7-11-26(24)36-2)21-14-16-33(17-15-21)30(35)23-12-13-27-25(18-23)32-29(37-27)22-8-4-3-5-9-22/h3-13,18,20-21H,14-17,19H2,1-2H3,(H,31,34). The lowest BCUT2D eigenvalue weighted by atomic mass is 9.84. The van der Waals surface area contributed by atoms with Crippen molar-refractivity contribution in [2.75, 3.05) is 20.2 Å². The average molecular weight is 498 g/mol. The molecule has 7 nitrogen and oxygen atoms in total. The monoisotopic (exact) mass is 497 g/mol. The summed E-state index contributed by atoms with van der Waals surface area (Å²) in [5.41, 5.74) is 3.77. The molecule has 4 aromatic rings. The van der Waals surface area contributed by atoms with Crippen molar-refractivity contribution in [1.29, 1.82) is 0 Å². The summed E-state index contributed by atoms with van der Waals surface area (Å²) in [7, 11) is 1.63. The summed E-state index contributed by atoms with van der Waals surface area (Å²) in [5, 5.41) is 3.05. The lowest BCUT2D eigenvalue weighted by Gasteiger charge is -2.34. The summed E-state index contributed by atoms with van der Waals surface area (Å²) in [6.45, 7) is 3.66. The third-order valence-corrected chi connectivity index (χ3v) is 7.25. The van der Waals surface area contributed by atoms with Crippen molar-refractivity contribution >= 4 is 22.9 Å². The summed E-state index contributed by atoms with van der Waals surface area (Å²) in [5.74, 6) is 1.42. The first-order chi connectivity index (χ1) is 18.0. The highest BCUT2D eigenvalue weighted by Gasteiger charge is 2.30. The second kappa shape index (κ2) is 10.9. The van der Waals surface area contributed by atoms with E-state index in [-0.39, 0.29) is 23.7 Å². The van der Waals surface area contributed by atoms with E-state index >= 15 is 0 Å². The number of fused-ring (bicyclic) bond motifs is 1. The maximum absolute atomic E-state index is 13.2. The highest BCUT2D eigenvalue weighted by atomic mass is 16.5. The van der Waals surface area contributed by atoms with Crippen molar-refractivity contribution < 1.29 is 18.7 Å². The van der Waals surface area contributed by atoms with E-state index in [2.05, 4.69) is 10.3 Å². The maximum Gasteiger partial charge on any atom is 0.253 e. The lowest BCUT2D eigenvalue weighted by Crippen LogP contribution is -2.42. The Kier molecular flexibility index (Phi) is 7.21. The third kappa shape index (κ3) is 5.35. The minimum Gasteiger partial charge on any atom is -0.496 e. The number of aromatic nitrogens is 1. The molecular weight excluding hydrogens is 466 g/mol. The summed E-state index contributed by atoms with van der Waals surface area (Å²) in [6.07, 6.45) is 1.58. The van der Waals surface area contributed by atoms with Crippen LogP contribution in [0.3, 0.4) is 0 Å². The van der Waals surface area contributed by atoms with E-state index in [1.54, 1.807) is 19.2 Å². The predicted octanol–water partition coefficient (Wildman–Crippen LogP) is 5.31. The zero-order valence-electron chi connectivity index (χ0n) is 21.1. The molecule has 1 aliphatic rings. The van der Waals surface area contributed by atoms with Crippen LogP contribution in [-0.4, -0.2) is 41.9 Å². The first-order valence-electron chi connectivity index (χ1n) is 12.7. The number of para-hydroxylation sites is 1. The summed E-state index contributed by atoms with van der Waals surface area (Å²) >= 11 is 0. The molecule has 0 bridgehead atoms. The van der Waals surface area contributed by atoms with Crippen LogP contribution in [0, 0.1) is 11.8 Å². The van der Waals surface area contributed by atoms with Gasteiger partial charge < -0.3 is 19.4 Å². The normalized spacial score (nSPS) is 14.9. The smallest absolute Gasteiger partial charge is 0.253 e. The zero-order valence-corrected chi connectivity index (χ0v) is 21.1. The van der Waals surface area contributed by atoms with Crippen LogP contribution in [-0.2, 0) is 11.3 Å². The molecule has 1 fully saturated rings. The fraction of sp³-hybridized carbons (Fsp3) is 0.300. The fourth-order valence-electron chi connectivity index (χ4n) is 4.96. The molecule has 3 aromatic carbocycles. The largest absolute Gasteiger partial charge is 0.496 e. The molecule has 0 radical (unpaired) electrons. The highest BCUT2D eigenvalue weighted by molar-refractivity contribution is 5.97. The number of carbonyl (C=O) groups excluding carboxylic acids is 2. The molecular formula is C30H31N3O4. The molecule has 7 heteroatoms. The van der Waals surface area contributed by atoms with Gasteiger partial charge in [-0.05, 0) is 55.2 Å². The summed E-state index contributed by atoms with van der Waals surface area (Å²) in [6, 6.07) is 22.8. The van der Waals surface area contributed by atoms with Gasteiger partial charge in [-0.15, -0.1) is 0 Å². The van der Waals surface area contributed by atoms with Gasteiger partial charge in [-0.1, -0.05) is 43.3 Å². The highest BCUT2D eigenvalue weighted by Crippen LogP contribution is 2.28. The molecule has 1 saturated heterocycles. The number of hydrogen-bond acceptors (Lipinski definition) is 5. The third-order valence-electron chi connectivity index (χ3n) is 7.25.